The van der Waals surface area contributed by atoms with Crippen molar-refractivity contribution >= 4 is 34.8 Å². The minimum atomic E-state index is -0.440. The van der Waals surface area contributed by atoms with E-state index in [4.69, 9.17) is 43.9 Å². The summed E-state index contributed by atoms with van der Waals surface area (Å²) in [5.41, 5.74) is 5.89. The highest BCUT2D eigenvalue weighted by atomic mass is 35.5. The van der Waals surface area contributed by atoms with Crippen LogP contribution >= 0.6 is 23.2 Å². The molecule has 0 aliphatic carbocycles. The Balaban J connectivity index is 2.22. The number of guanidine groups is 1. The second-order valence-corrected chi connectivity index (χ2v) is 4.97. The lowest BCUT2D eigenvalue weighted by Crippen LogP contribution is -2.41. The number of nitrogens with zero attached hydrogens (tertiary/aromatic N) is 1. The molecule has 104 valence electrons. The lowest BCUT2D eigenvalue weighted by atomic mass is 10.2. The van der Waals surface area contributed by atoms with E-state index in [0.29, 0.717) is 22.3 Å². The summed E-state index contributed by atoms with van der Waals surface area (Å²) in [7, 11) is 0. The van der Waals surface area contributed by atoms with Crippen LogP contribution in [0, 0.1) is 5.41 Å². The van der Waals surface area contributed by atoms with Gasteiger partial charge in [-0.1, -0.05) is 29.3 Å². The van der Waals surface area contributed by atoms with E-state index in [-0.39, 0.29) is 5.96 Å². The van der Waals surface area contributed by atoms with Gasteiger partial charge in [0.15, 0.2) is 6.29 Å². The van der Waals surface area contributed by atoms with Gasteiger partial charge in [-0.15, -0.1) is 0 Å². The van der Waals surface area contributed by atoms with Crippen LogP contribution in [-0.4, -0.2) is 18.9 Å². The largest absolute Gasteiger partial charge is 0.368 e. The Hall–Kier alpha value is -1.01. The van der Waals surface area contributed by atoms with Crippen molar-refractivity contribution in [2.75, 3.05) is 11.7 Å². The molecule has 1 aromatic carbocycles. The Kier molecular flexibility index (Phi) is 4.87. The van der Waals surface area contributed by atoms with Gasteiger partial charge in [0, 0.05) is 13.0 Å². The van der Waals surface area contributed by atoms with Crippen LogP contribution in [0.25, 0.3) is 0 Å². The van der Waals surface area contributed by atoms with E-state index in [2.05, 4.69) is 0 Å². The van der Waals surface area contributed by atoms with Crippen molar-refractivity contribution in [2.24, 2.45) is 5.73 Å². The first-order chi connectivity index (χ1) is 9.09. The number of halogens is 2. The van der Waals surface area contributed by atoms with Gasteiger partial charge < -0.3 is 10.5 Å². The molecule has 1 aliphatic rings. The summed E-state index contributed by atoms with van der Waals surface area (Å²) in [5.74, 6) is -0.302. The van der Waals surface area contributed by atoms with Gasteiger partial charge in [-0.3, -0.25) is 5.41 Å². The maximum atomic E-state index is 7.61. The molecule has 3 N–H and O–H groups in total. The molecule has 1 aromatic rings. The van der Waals surface area contributed by atoms with Crippen molar-refractivity contribution in [3.05, 3.63) is 28.2 Å². The predicted octanol–water partition coefficient (Wildman–Crippen LogP) is 3.15. The maximum absolute atomic E-state index is 7.61. The van der Waals surface area contributed by atoms with Crippen LogP contribution in [0.4, 0.5) is 5.69 Å². The summed E-state index contributed by atoms with van der Waals surface area (Å²) < 4.78 is 5.46. The fourth-order valence-corrected chi connectivity index (χ4v) is 2.38. The van der Waals surface area contributed by atoms with E-state index < -0.39 is 6.29 Å². The molecule has 7 heteroatoms. The number of hydrogen-bond acceptors (Lipinski definition) is 3. The Morgan fingerprint density at radius 2 is 2.05 bits per heavy atom. The number of nitrogens with two attached hydrogens (primary N) is 1. The maximum Gasteiger partial charge on any atom is 0.218 e. The molecule has 0 spiro atoms. The molecule has 19 heavy (non-hydrogen) atoms. The molecule has 1 heterocycles. The first-order valence-corrected chi connectivity index (χ1v) is 6.71. The summed E-state index contributed by atoms with van der Waals surface area (Å²) in [4.78, 5) is 5.59. The van der Waals surface area contributed by atoms with Gasteiger partial charge in [0.2, 0.25) is 5.96 Å². The number of hydroxylamine groups is 1. The SMILES string of the molecule is N=C(N)N(OC1CCCCO1)c1c(Cl)cccc1Cl. The first kappa shape index (κ1) is 14.4. The third-order valence-corrected chi connectivity index (χ3v) is 3.33. The monoisotopic (exact) mass is 303 g/mol. The summed E-state index contributed by atoms with van der Waals surface area (Å²) >= 11 is 12.2. The Labute approximate surface area is 121 Å². The Bertz CT molecular complexity index is 444. The number of ether oxygens (including phenoxy) is 1. The van der Waals surface area contributed by atoms with Gasteiger partial charge in [-0.2, -0.15) is 5.06 Å². The zero-order valence-electron chi connectivity index (χ0n) is 10.2. The van der Waals surface area contributed by atoms with Crippen molar-refractivity contribution in [2.45, 2.75) is 25.6 Å². The zero-order chi connectivity index (χ0) is 13.8. The molecule has 1 aliphatic heterocycles. The van der Waals surface area contributed by atoms with Crippen LogP contribution < -0.4 is 10.8 Å². The Morgan fingerprint density at radius 3 is 2.58 bits per heavy atom. The highest BCUT2D eigenvalue weighted by Crippen LogP contribution is 2.34. The van der Waals surface area contributed by atoms with Crippen LogP contribution in [0.1, 0.15) is 19.3 Å². The number of benzene rings is 1. The van der Waals surface area contributed by atoms with Gasteiger partial charge in [-0.05, 0) is 25.0 Å². The third-order valence-electron chi connectivity index (χ3n) is 2.72. The summed E-state index contributed by atoms with van der Waals surface area (Å²) in [6.07, 6.45) is 2.32. The van der Waals surface area contributed by atoms with Crippen LogP contribution in [0.2, 0.25) is 10.0 Å². The lowest BCUT2D eigenvalue weighted by molar-refractivity contribution is -0.161. The second-order valence-electron chi connectivity index (χ2n) is 4.15. The number of rotatable bonds is 3. The number of anilines is 1. The van der Waals surface area contributed by atoms with E-state index in [1.54, 1.807) is 18.2 Å². The smallest absolute Gasteiger partial charge is 0.218 e. The van der Waals surface area contributed by atoms with E-state index in [1.807, 2.05) is 0 Å². The minimum Gasteiger partial charge on any atom is -0.368 e. The highest BCUT2D eigenvalue weighted by molar-refractivity contribution is 6.39. The average molecular weight is 304 g/mol. The summed E-state index contributed by atoms with van der Waals surface area (Å²) in [6, 6.07) is 5.02. The van der Waals surface area contributed by atoms with Gasteiger partial charge >= 0.3 is 0 Å². The van der Waals surface area contributed by atoms with Gasteiger partial charge in [0.25, 0.3) is 0 Å². The molecule has 0 radical (unpaired) electrons. The number of nitrogens with one attached hydrogen (secondary N) is 1. The van der Waals surface area contributed by atoms with Gasteiger partial charge in [0.1, 0.15) is 5.69 Å². The fourth-order valence-electron chi connectivity index (χ4n) is 1.82. The van der Waals surface area contributed by atoms with E-state index in [1.165, 1.54) is 0 Å². The van der Waals surface area contributed by atoms with Crippen LogP contribution in [0.5, 0.6) is 0 Å². The highest BCUT2D eigenvalue weighted by Gasteiger charge is 2.24. The second kappa shape index (κ2) is 6.43. The van der Waals surface area contributed by atoms with Crippen molar-refractivity contribution < 1.29 is 9.57 Å². The molecule has 0 amide bonds. The molecule has 0 saturated carbocycles. The normalized spacial score (nSPS) is 19.2. The zero-order valence-corrected chi connectivity index (χ0v) is 11.7. The molecule has 5 nitrogen and oxygen atoms in total. The molecule has 2 rings (SSSR count). The summed E-state index contributed by atoms with van der Waals surface area (Å²) in [5, 5.41) is 9.44. The lowest BCUT2D eigenvalue weighted by Gasteiger charge is -2.30. The molecule has 1 unspecified atom stereocenters. The molecule has 1 fully saturated rings. The quantitative estimate of drug-likeness (QED) is 0.511. The molecule has 0 bridgehead atoms. The van der Waals surface area contributed by atoms with Crippen LogP contribution in [-0.2, 0) is 9.57 Å². The van der Waals surface area contributed by atoms with Crippen molar-refractivity contribution in [1.29, 1.82) is 5.41 Å². The van der Waals surface area contributed by atoms with E-state index in [0.717, 1.165) is 24.3 Å². The average Bonchev–Trinajstić information content (AvgIpc) is 2.38. The topological polar surface area (TPSA) is 71.6 Å². The van der Waals surface area contributed by atoms with Crippen molar-refractivity contribution in [3.8, 4) is 0 Å². The number of para-hydroxylation sites is 1. The standard InChI is InChI=1S/C12H15Cl2N3O2/c13-8-4-3-5-9(14)11(8)17(12(15)16)19-10-6-1-2-7-18-10/h3-5,10H,1-2,6-7H2,(H3,15,16). The predicted molar refractivity (Wildman–Crippen MR) is 75.5 cm³/mol. The molecular weight excluding hydrogens is 289 g/mol. The molecule has 0 aromatic heterocycles. The summed E-state index contributed by atoms with van der Waals surface area (Å²) in [6.45, 7) is 0.632. The molecule has 1 atom stereocenters. The van der Waals surface area contributed by atoms with Crippen LogP contribution in [0.15, 0.2) is 18.2 Å². The van der Waals surface area contributed by atoms with E-state index in [9.17, 15) is 0 Å². The van der Waals surface area contributed by atoms with Gasteiger partial charge in [0.05, 0.1) is 10.0 Å². The fraction of sp³-hybridized carbons (Fsp3) is 0.417. The minimum absolute atomic E-state index is 0.302. The molecule has 1 saturated heterocycles. The van der Waals surface area contributed by atoms with Crippen LogP contribution in [0.3, 0.4) is 0 Å². The van der Waals surface area contributed by atoms with Crippen molar-refractivity contribution in [1.82, 2.24) is 0 Å². The first-order valence-electron chi connectivity index (χ1n) is 5.96. The van der Waals surface area contributed by atoms with Crippen molar-refractivity contribution in [3.63, 3.8) is 0 Å². The number of hydrogen-bond donors (Lipinski definition) is 2. The molecular formula is C12H15Cl2N3O2. The Morgan fingerprint density at radius 1 is 1.37 bits per heavy atom. The van der Waals surface area contributed by atoms with Gasteiger partial charge in [-0.25, -0.2) is 4.84 Å². The third kappa shape index (κ3) is 3.51. The van der Waals surface area contributed by atoms with E-state index >= 15 is 0 Å².